The Labute approximate surface area is 169 Å². The number of rotatable bonds is 8. The average molecular weight is 411 g/mol. The summed E-state index contributed by atoms with van der Waals surface area (Å²) < 4.78 is 4.83. The summed E-state index contributed by atoms with van der Waals surface area (Å²) in [7, 11) is 0. The van der Waals surface area contributed by atoms with Crippen LogP contribution in [-0.4, -0.2) is 46.1 Å². The number of nitro groups is 1. The molecule has 2 amide bonds. The summed E-state index contributed by atoms with van der Waals surface area (Å²) in [5.74, 6) is -1.88. The zero-order valence-corrected chi connectivity index (χ0v) is 15.6. The highest BCUT2D eigenvalue weighted by atomic mass is 16.6. The van der Waals surface area contributed by atoms with E-state index in [0.717, 1.165) is 0 Å². The van der Waals surface area contributed by atoms with Crippen LogP contribution in [0.15, 0.2) is 48.5 Å². The van der Waals surface area contributed by atoms with Crippen molar-refractivity contribution in [3.8, 4) is 0 Å². The molecule has 0 fully saturated rings. The molecule has 0 bridgehead atoms. The minimum Gasteiger partial charge on any atom is -0.456 e. The van der Waals surface area contributed by atoms with Crippen molar-refractivity contribution in [2.24, 2.45) is 0 Å². The van der Waals surface area contributed by atoms with E-state index in [0.29, 0.717) is 10.9 Å². The molecule has 0 unspecified atom stereocenters. The lowest BCUT2D eigenvalue weighted by Crippen LogP contribution is -2.28. The van der Waals surface area contributed by atoms with Gasteiger partial charge in [0.15, 0.2) is 12.3 Å². The number of fused-ring (bicyclic) bond motifs is 1. The molecule has 2 aromatic carbocycles. The molecule has 3 N–H and O–H groups in total. The first-order valence-corrected chi connectivity index (χ1v) is 8.86. The van der Waals surface area contributed by atoms with Crippen LogP contribution in [0.25, 0.3) is 10.9 Å². The maximum atomic E-state index is 12.2. The molecule has 1 aromatic heterocycles. The van der Waals surface area contributed by atoms with Gasteiger partial charge in [0.25, 0.3) is 17.5 Å². The molecule has 0 radical (unpaired) electrons. The predicted octanol–water partition coefficient (Wildman–Crippen LogP) is 1.77. The summed E-state index contributed by atoms with van der Waals surface area (Å²) >= 11 is 0. The molecule has 3 rings (SSSR count). The Morgan fingerprint density at radius 3 is 2.63 bits per heavy atom. The number of esters is 1. The summed E-state index contributed by atoms with van der Waals surface area (Å²) in [5.41, 5.74) is 0.655. The monoisotopic (exact) mass is 411 g/mol. The first kappa shape index (κ1) is 20.5. The van der Waals surface area contributed by atoms with Crippen LogP contribution in [0.3, 0.4) is 0 Å². The highest BCUT2D eigenvalue weighted by Crippen LogP contribution is 2.22. The maximum absolute atomic E-state index is 12.2. The summed E-state index contributed by atoms with van der Waals surface area (Å²) in [5, 5.41) is 23.2. The van der Waals surface area contributed by atoms with Gasteiger partial charge in [-0.2, -0.15) is 5.10 Å². The lowest BCUT2D eigenvalue weighted by atomic mass is 10.2. The maximum Gasteiger partial charge on any atom is 0.308 e. The largest absolute Gasteiger partial charge is 0.456 e. The van der Waals surface area contributed by atoms with E-state index < -0.39 is 29.3 Å². The van der Waals surface area contributed by atoms with E-state index in [1.807, 2.05) is 6.07 Å². The zero-order chi connectivity index (χ0) is 21.5. The predicted molar refractivity (Wildman–Crippen MR) is 106 cm³/mol. The number of carbonyl (C=O) groups is 3. The Morgan fingerprint density at radius 1 is 1.10 bits per heavy atom. The fourth-order valence-corrected chi connectivity index (χ4v) is 2.64. The lowest BCUT2D eigenvalue weighted by molar-refractivity contribution is -0.383. The van der Waals surface area contributed by atoms with E-state index in [2.05, 4.69) is 20.8 Å². The molecule has 30 heavy (non-hydrogen) atoms. The van der Waals surface area contributed by atoms with Crippen molar-refractivity contribution in [3.05, 3.63) is 64.3 Å². The molecule has 0 saturated carbocycles. The molecule has 0 saturated heterocycles. The second kappa shape index (κ2) is 9.28. The van der Waals surface area contributed by atoms with Gasteiger partial charge in [0, 0.05) is 18.0 Å². The molecule has 0 aliphatic heterocycles. The van der Waals surface area contributed by atoms with E-state index in [4.69, 9.17) is 4.74 Å². The number of aromatic amines is 1. The van der Waals surface area contributed by atoms with Gasteiger partial charge in [-0.1, -0.05) is 30.3 Å². The topological polar surface area (TPSA) is 156 Å². The van der Waals surface area contributed by atoms with Crippen LogP contribution in [0.4, 0.5) is 11.4 Å². The number of benzene rings is 2. The van der Waals surface area contributed by atoms with Gasteiger partial charge in [-0.3, -0.25) is 29.6 Å². The second-order valence-corrected chi connectivity index (χ2v) is 6.11. The molecule has 3 aromatic rings. The quantitative estimate of drug-likeness (QED) is 0.290. The Balaban J connectivity index is 1.42. The van der Waals surface area contributed by atoms with Gasteiger partial charge in [0.05, 0.1) is 16.9 Å². The summed E-state index contributed by atoms with van der Waals surface area (Å²) in [6.45, 7) is -0.618. The number of aromatic nitrogens is 2. The molecule has 1 heterocycles. The SMILES string of the molecule is O=C(COC(=O)CCNC(=O)c1n[nH]c2ccccc12)Nc1ccccc1[N+](=O)[O-]. The van der Waals surface area contributed by atoms with Gasteiger partial charge in [-0.25, -0.2) is 0 Å². The number of hydrogen-bond acceptors (Lipinski definition) is 7. The second-order valence-electron chi connectivity index (χ2n) is 6.11. The van der Waals surface area contributed by atoms with Crippen molar-refractivity contribution in [2.45, 2.75) is 6.42 Å². The van der Waals surface area contributed by atoms with Crippen LogP contribution in [-0.2, 0) is 14.3 Å². The van der Waals surface area contributed by atoms with Crippen molar-refractivity contribution in [1.29, 1.82) is 0 Å². The van der Waals surface area contributed by atoms with E-state index in [-0.39, 0.29) is 30.0 Å². The summed E-state index contributed by atoms with van der Waals surface area (Å²) in [6.07, 6.45) is -0.160. The van der Waals surface area contributed by atoms with Crippen LogP contribution in [0, 0.1) is 10.1 Å². The molecule has 0 atom stereocenters. The molecule has 11 nitrogen and oxygen atoms in total. The molecule has 0 spiro atoms. The minimum atomic E-state index is -0.718. The number of carbonyl (C=O) groups excluding carboxylic acids is 3. The van der Waals surface area contributed by atoms with Crippen LogP contribution >= 0.6 is 0 Å². The van der Waals surface area contributed by atoms with Gasteiger partial charge in [-0.15, -0.1) is 0 Å². The number of nitrogens with one attached hydrogen (secondary N) is 3. The van der Waals surface area contributed by atoms with Crippen LogP contribution in [0.2, 0.25) is 0 Å². The Morgan fingerprint density at radius 2 is 1.83 bits per heavy atom. The number of nitrogens with zero attached hydrogens (tertiary/aromatic N) is 2. The van der Waals surface area contributed by atoms with Crippen molar-refractivity contribution in [1.82, 2.24) is 15.5 Å². The van der Waals surface area contributed by atoms with Crippen LogP contribution in [0.1, 0.15) is 16.9 Å². The van der Waals surface area contributed by atoms with E-state index >= 15 is 0 Å². The van der Waals surface area contributed by atoms with Crippen molar-refractivity contribution >= 4 is 40.1 Å². The fourth-order valence-electron chi connectivity index (χ4n) is 2.64. The molecule has 0 aliphatic carbocycles. The Bertz CT molecular complexity index is 1110. The average Bonchev–Trinajstić information content (AvgIpc) is 3.17. The molecular weight excluding hydrogens is 394 g/mol. The summed E-state index contributed by atoms with van der Waals surface area (Å²) in [4.78, 5) is 46.1. The third-order valence-electron chi connectivity index (χ3n) is 4.04. The Hall–Kier alpha value is -4.28. The first-order chi connectivity index (χ1) is 14.5. The van der Waals surface area contributed by atoms with Crippen molar-refractivity contribution in [2.75, 3.05) is 18.5 Å². The third-order valence-corrected chi connectivity index (χ3v) is 4.04. The molecule has 0 aliphatic rings. The van der Waals surface area contributed by atoms with Gasteiger partial charge in [0.1, 0.15) is 5.69 Å². The lowest BCUT2D eigenvalue weighted by Gasteiger charge is -2.07. The first-order valence-electron chi connectivity index (χ1n) is 8.86. The van der Waals surface area contributed by atoms with Crippen LogP contribution in [0.5, 0.6) is 0 Å². The van der Waals surface area contributed by atoms with Crippen molar-refractivity contribution in [3.63, 3.8) is 0 Å². The highest BCUT2D eigenvalue weighted by Gasteiger charge is 2.17. The smallest absolute Gasteiger partial charge is 0.308 e. The number of para-hydroxylation sites is 3. The molecular formula is C19H17N5O6. The summed E-state index contributed by atoms with van der Waals surface area (Å²) in [6, 6.07) is 12.7. The number of amides is 2. The number of ether oxygens (including phenoxy) is 1. The number of nitro benzene ring substituents is 1. The number of H-pyrrole nitrogens is 1. The van der Waals surface area contributed by atoms with Crippen LogP contribution < -0.4 is 10.6 Å². The van der Waals surface area contributed by atoms with Gasteiger partial charge in [-0.05, 0) is 12.1 Å². The highest BCUT2D eigenvalue weighted by molar-refractivity contribution is 6.04. The zero-order valence-electron chi connectivity index (χ0n) is 15.6. The van der Waals surface area contributed by atoms with E-state index in [1.165, 1.54) is 24.3 Å². The number of anilines is 1. The normalized spacial score (nSPS) is 10.4. The third kappa shape index (κ3) is 4.95. The van der Waals surface area contributed by atoms with E-state index in [1.54, 1.807) is 18.2 Å². The van der Waals surface area contributed by atoms with Gasteiger partial charge in [0.2, 0.25) is 0 Å². The Kier molecular flexibility index (Phi) is 6.33. The fraction of sp³-hybridized carbons (Fsp3) is 0.158. The van der Waals surface area contributed by atoms with Gasteiger partial charge >= 0.3 is 5.97 Å². The van der Waals surface area contributed by atoms with E-state index in [9.17, 15) is 24.5 Å². The van der Waals surface area contributed by atoms with Gasteiger partial charge < -0.3 is 15.4 Å². The number of hydrogen-bond donors (Lipinski definition) is 3. The standard InChI is InChI=1S/C19H17N5O6/c25-16(21-14-7-3-4-8-15(14)24(28)29)11-30-17(26)9-10-20-19(27)18-12-5-1-2-6-13(12)22-23-18/h1-8H,9-11H2,(H,20,27)(H,21,25)(H,22,23). The van der Waals surface area contributed by atoms with Crippen molar-refractivity contribution < 1.29 is 24.0 Å². The minimum absolute atomic E-state index is 0.00189. The molecule has 11 heteroatoms. The molecule has 154 valence electrons.